The van der Waals surface area contributed by atoms with Crippen LogP contribution in [0.3, 0.4) is 0 Å². The Kier molecular flexibility index (Phi) is 11.3. The highest BCUT2D eigenvalue weighted by Crippen LogP contribution is 2.73. The lowest BCUT2D eigenvalue weighted by Gasteiger charge is -2.58. The summed E-state index contributed by atoms with van der Waals surface area (Å²) in [4.78, 5) is 58.2. The monoisotopic (exact) mass is 656 g/mol. The van der Waals surface area contributed by atoms with Gasteiger partial charge in [0.15, 0.2) is 0 Å². The fourth-order valence-corrected chi connectivity index (χ4v) is 9.71. The third-order valence-electron chi connectivity index (χ3n) is 7.51. The molecule has 0 aromatic rings. The summed E-state index contributed by atoms with van der Waals surface area (Å²) in [6, 6.07) is 0. The molecule has 236 valence electrons. The Bertz CT molecular complexity index is 1120. The van der Waals surface area contributed by atoms with Crippen LogP contribution in [-0.4, -0.2) is 29.4 Å². The Morgan fingerprint density at radius 3 is 0.975 bits per heavy atom. The van der Waals surface area contributed by atoms with Crippen molar-refractivity contribution in [2.75, 3.05) is 0 Å². The average molecular weight is 656 g/mol. The third-order valence-corrected chi connectivity index (χ3v) is 11.7. The molecule has 14 nitrogen and oxygen atoms in total. The molecule has 0 aromatic heterocycles. The van der Waals surface area contributed by atoms with Gasteiger partial charge in [-0.25, -0.2) is 18.3 Å². The van der Waals surface area contributed by atoms with Gasteiger partial charge in [0.05, 0.1) is 10.8 Å². The Labute approximate surface area is 235 Å². The van der Waals surface area contributed by atoms with Gasteiger partial charge in [-0.1, -0.05) is 69.2 Å². The van der Waals surface area contributed by atoms with Gasteiger partial charge in [0.1, 0.15) is 11.5 Å². The van der Waals surface area contributed by atoms with E-state index in [-0.39, 0.29) is 37.2 Å². The van der Waals surface area contributed by atoms with E-state index in [9.17, 15) is 47.6 Å². The molecule has 0 saturated heterocycles. The summed E-state index contributed by atoms with van der Waals surface area (Å²) in [5, 5.41) is 0. The molecule has 4 unspecified atom stereocenters. The van der Waals surface area contributed by atoms with Gasteiger partial charge in [0.2, 0.25) is 0 Å². The fraction of sp³-hybridized carbons (Fsp3) is 0.818. The first kappa shape index (κ1) is 37.7. The molecule has 0 aliphatic heterocycles. The molecule has 0 heterocycles. The van der Waals surface area contributed by atoms with Gasteiger partial charge in [-0.05, 0) is 47.7 Å². The average Bonchev–Trinajstić information content (AvgIpc) is 2.67. The van der Waals surface area contributed by atoms with Gasteiger partial charge in [-0.15, -0.1) is 0 Å². The van der Waals surface area contributed by atoms with Gasteiger partial charge in [0.25, 0.3) is 0 Å². The fourth-order valence-electron chi connectivity index (χ4n) is 6.30. The van der Waals surface area contributed by atoms with E-state index in [0.717, 1.165) is 0 Å². The molecule has 0 amide bonds. The summed E-state index contributed by atoms with van der Waals surface area (Å²) in [6.07, 6.45) is 0.487. The van der Waals surface area contributed by atoms with Crippen LogP contribution < -0.4 is 0 Å². The molecule has 18 heteroatoms. The maximum absolute atomic E-state index is 13.0. The summed E-state index contributed by atoms with van der Waals surface area (Å²) >= 11 is 0. The van der Waals surface area contributed by atoms with Gasteiger partial charge in [-0.3, -0.25) is 9.79 Å². The molecule has 1 rings (SSSR count). The molecule has 1 aliphatic carbocycles. The Morgan fingerprint density at radius 2 is 0.825 bits per heavy atom. The molecule has 0 fully saturated rings. The summed E-state index contributed by atoms with van der Waals surface area (Å²) in [5.41, 5.74) is -3.98. The summed E-state index contributed by atoms with van der Waals surface area (Å²) in [7, 11) is -21.9. The van der Waals surface area contributed by atoms with E-state index in [1.165, 1.54) is 0 Å². The van der Waals surface area contributed by atoms with Crippen LogP contribution in [0, 0.1) is 21.7 Å². The highest BCUT2D eigenvalue weighted by Gasteiger charge is 2.63. The van der Waals surface area contributed by atoms with Crippen molar-refractivity contribution < 1.29 is 65.3 Å². The van der Waals surface area contributed by atoms with Crippen molar-refractivity contribution in [2.24, 2.45) is 21.7 Å². The van der Waals surface area contributed by atoms with E-state index in [1.54, 1.807) is 69.2 Å². The van der Waals surface area contributed by atoms with Crippen molar-refractivity contribution in [1.29, 1.82) is 0 Å². The molecule has 0 spiro atoms. The SMILES string of the molecule is CCC1=C(OP(=O)(O)OP(=O)(O)O)C(CC)(C(C)(C)C)C(CC)=C(OP(=O)(O)OP(=O)(O)O)C1(CC)C(C)(C)C. The third kappa shape index (κ3) is 7.60. The van der Waals surface area contributed by atoms with E-state index in [4.69, 9.17) is 9.05 Å². The second-order valence-corrected chi connectivity index (χ2v) is 17.1. The van der Waals surface area contributed by atoms with Gasteiger partial charge >= 0.3 is 31.3 Å². The smallest absolute Gasteiger partial charge is 0.407 e. The summed E-state index contributed by atoms with van der Waals surface area (Å²) < 4.78 is 68.8. The summed E-state index contributed by atoms with van der Waals surface area (Å²) in [6.45, 7) is 17.5. The van der Waals surface area contributed by atoms with Crippen molar-refractivity contribution in [3.05, 3.63) is 22.7 Å². The largest absolute Gasteiger partial charge is 0.536 e. The number of hydrogen-bond acceptors (Lipinski definition) is 8. The van der Waals surface area contributed by atoms with Gasteiger partial charge in [-0.2, -0.15) is 8.62 Å². The van der Waals surface area contributed by atoms with Crippen molar-refractivity contribution >= 4 is 31.3 Å². The molecule has 0 bridgehead atoms. The van der Waals surface area contributed by atoms with Crippen LogP contribution >= 0.6 is 31.3 Å². The minimum atomic E-state index is -5.49. The first-order chi connectivity index (χ1) is 17.6. The van der Waals surface area contributed by atoms with E-state index in [0.29, 0.717) is 11.1 Å². The molecule has 0 radical (unpaired) electrons. The first-order valence-electron chi connectivity index (χ1n) is 12.7. The van der Waals surface area contributed by atoms with Crippen LogP contribution in [0.1, 0.15) is 94.9 Å². The lowest BCUT2D eigenvalue weighted by Crippen LogP contribution is -2.51. The zero-order valence-corrected chi connectivity index (χ0v) is 28.1. The van der Waals surface area contributed by atoms with Crippen LogP contribution in [0.2, 0.25) is 0 Å². The van der Waals surface area contributed by atoms with Gasteiger partial charge < -0.3 is 28.6 Å². The predicted octanol–water partition coefficient (Wildman–Crippen LogP) is 6.67. The Morgan fingerprint density at radius 1 is 0.575 bits per heavy atom. The van der Waals surface area contributed by atoms with Crippen LogP contribution in [0.15, 0.2) is 22.7 Å². The molecular weight excluding hydrogens is 612 g/mol. The van der Waals surface area contributed by atoms with E-state index in [2.05, 4.69) is 8.62 Å². The zero-order valence-electron chi connectivity index (χ0n) is 24.6. The minimum Gasteiger partial charge on any atom is -0.407 e. The number of hydrogen-bond donors (Lipinski definition) is 6. The zero-order chi connectivity index (χ0) is 32.0. The second-order valence-electron chi connectivity index (χ2n) is 11.6. The Balaban J connectivity index is 4.50. The van der Waals surface area contributed by atoms with Crippen molar-refractivity contribution in [1.82, 2.24) is 0 Å². The molecule has 40 heavy (non-hydrogen) atoms. The van der Waals surface area contributed by atoms with Crippen LogP contribution in [0.25, 0.3) is 0 Å². The quantitative estimate of drug-likeness (QED) is 0.121. The lowest BCUT2D eigenvalue weighted by molar-refractivity contribution is 0.0295. The van der Waals surface area contributed by atoms with Crippen LogP contribution in [0.4, 0.5) is 0 Å². The number of phosphoric ester groups is 2. The minimum absolute atomic E-state index is 0.103. The second kappa shape index (κ2) is 12.0. The lowest BCUT2D eigenvalue weighted by atomic mass is 9.48. The molecule has 1 aliphatic rings. The van der Waals surface area contributed by atoms with Crippen molar-refractivity contribution in [3.8, 4) is 0 Å². The molecule has 0 aromatic carbocycles. The standard InChI is InChI=1S/C22H44O14P4/c1-11-15-17(33-39(29,30)35-37(23,24)25)22(14-4,20(8,9)10)16(12-2)18(21(15,13-3)19(5,6)7)34-40(31,32)36-38(26,27)28/h11-14H2,1-10H3,(H,29,30)(H,31,32)(H2,23,24,25)(H2,26,27,28). The molecule has 4 atom stereocenters. The maximum Gasteiger partial charge on any atom is 0.536 e. The number of phosphoric acid groups is 4. The van der Waals surface area contributed by atoms with Crippen LogP contribution in [0.5, 0.6) is 0 Å². The van der Waals surface area contributed by atoms with Crippen LogP contribution in [-0.2, 0) is 35.9 Å². The van der Waals surface area contributed by atoms with Crippen molar-refractivity contribution in [2.45, 2.75) is 94.9 Å². The Hall–Kier alpha value is -0.320. The molecule has 0 saturated carbocycles. The highest BCUT2D eigenvalue weighted by molar-refractivity contribution is 7.61. The summed E-state index contributed by atoms with van der Waals surface area (Å²) in [5.74, 6) is -0.206. The maximum atomic E-state index is 13.0. The van der Waals surface area contributed by atoms with E-state index < -0.39 is 53.0 Å². The van der Waals surface area contributed by atoms with E-state index in [1.807, 2.05) is 0 Å². The first-order valence-corrected chi connectivity index (χ1v) is 18.7. The normalized spacial score (nSPS) is 26.4. The highest BCUT2D eigenvalue weighted by atomic mass is 31.3. The number of rotatable bonds is 12. The van der Waals surface area contributed by atoms with Crippen molar-refractivity contribution in [3.63, 3.8) is 0 Å². The predicted molar refractivity (Wildman–Crippen MR) is 147 cm³/mol. The van der Waals surface area contributed by atoms with E-state index >= 15 is 0 Å². The number of allylic oxidation sites excluding steroid dienone is 2. The van der Waals surface area contributed by atoms with Gasteiger partial charge in [0, 0.05) is 0 Å². The topological polar surface area (TPSA) is 227 Å². The molecule has 6 N–H and O–H groups in total. The molecular formula is C22H44O14P4.